The van der Waals surface area contributed by atoms with Crippen LogP contribution in [0, 0.1) is 0 Å². The molecule has 1 aromatic rings. The molecule has 0 aliphatic carbocycles. The highest BCUT2D eigenvalue weighted by atomic mass is 16.5. The SMILES string of the molecule is COCC(=O)NCCNC(=O)c1cccc(NC(C)=O)c1. The highest BCUT2D eigenvalue weighted by Crippen LogP contribution is 2.10. The third-order valence-electron chi connectivity index (χ3n) is 2.45. The zero-order valence-corrected chi connectivity index (χ0v) is 12.1. The number of benzene rings is 1. The Balaban J connectivity index is 2.41. The molecule has 0 unspecified atom stereocenters. The highest BCUT2D eigenvalue weighted by Gasteiger charge is 2.06. The van der Waals surface area contributed by atoms with Gasteiger partial charge < -0.3 is 20.7 Å². The number of ether oxygens (including phenoxy) is 1. The van der Waals surface area contributed by atoms with Crippen LogP contribution in [0.3, 0.4) is 0 Å². The minimum Gasteiger partial charge on any atom is -0.375 e. The second kappa shape index (κ2) is 8.70. The van der Waals surface area contributed by atoms with Gasteiger partial charge in [-0.05, 0) is 18.2 Å². The second-order valence-corrected chi connectivity index (χ2v) is 4.30. The first kappa shape index (κ1) is 16.6. The molecular weight excluding hydrogens is 274 g/mol. The van der Waals surface area contributed by atoms with Crippen molar-refractivity contribution in [2.45, 2.75) is 6.92 Å². The fraction of sp³-hybridized carbons (Fsp3) is 0.357. The van der Waals surface area contributed by atoms with Gasteiger partial charge in [0.2, 0.25) is 11.8 Å². The van der Waals surface area contributed by atoms with E-state index in [0.717, 1.165) is 0 Å². The molecule has 1 aromatic carbocycles. The van der Waals surface area contributed by atoms with Gasteiger partial charge in [-0.3, -0.25) is 14.4 Å². The summed E-state index contributed by atoms with van der Waals surface area (Å²) in [6, 6.07) is 6.61. The lowest BCUT2D eigenvalue weighted by atomic mass is 10.2. The molecule has 0 saturated heterocycles. The molecule has 1 rings (SSSR count). The number of anilines is 1. The second-order valence-electron chi connectivity index (χ2n) is 4.30. The summed E-state index contributed by atoms with van der Waals surface area (Å²) in [4.78, 5) is 34.0. The van der Waals surface area contributed by atoms with Crippen LogP contribution in [0.25, 0.3) is 0 Å². The molecule has 114 valence electrons. The minimum atomic E-state index is -0.275. The van der Waals surface area contributed by atoms with Crippen molar-refractivity contribution in [3.8, 4) is 0 Å². The summed E-state index contributed by atoms with van der Waals surface area (Å²) in [5.74, 6) is -0.712. The first-order valence-electron chi connectivity index (χ1n) is 6.44. The van der Waals surface area contributed by atoms with Crippen LogP contribution in [0.5, 0.6) is 0 Å². The van der Waals surface area contributed by atoms with E-state index in [0.29, 0.717) is 24.3 Å². The van der Waals surface area contributed by atoms with E-state index in [1.54, 1.807) is 24.3 Å². The van der Waals surface area contributed by atoms with Gasteiger partial charge in [-0.25, -0.2) is 0 Å². The van der Waals surface area contributed by atoms with E-state index in [-0.39, 0.29) is 24.3 Å². The average Bonchev–Trinajstić information content (AvgIpc) is 2.43. The van der Waals surface area contributed by atoms with Crippen LogP contribution in [0.2, 0.25) is 0 Å². The van der Waals surface area contributed by atoms with Gasteiger partial charge in [-0.1, -0.05) is 6.07 Å². The Labute approximate surface area is 123 Å². The van der Waals surface area contributed by atoms with E-state index in [2.05, 4.69) is 20.7 Å². The van der Waals surface area contributed by atoms with Gasteiger partial charge in [-0.2, -0.15) is 0 Å². The fourth-order valence-corrected chi connectivity index (χ4v) is 1.60. The van der Waals surface area contributed by atoms with Gasteiger partial charge in [0, 0.05) is 38.4 Å². The molecule has 7 heteroatoms. The summed E-state index contributed by atoms with van der Waals surface area (Å²) in [7, 11) is 1.43. The van der Waals surface area contributed by atoms with Gasteiger partial charge in [0.15, 0.2) is 0 Å². The summed E-state index contributed by atoms with van der Waals surface area (Å²) < 4.78 is 4.66. The van der Waals surface area contributed by atoms with Crippen molar-refractivity contribution in [1.82, 2.24) is 10.6 Å². The van der Waals surface area contributed by atoms with E-state index in [1.807, 2.05) is 0 Å². The minimum absolute atomic E-state index is 0.00723. The maximum Gasteiger partial charge on any atom is 0.251 e. The van der Waals surface area contributed by atoms with Crippen LogP contribution in [0.4, 0.5) is 5.69 Å². The topological polar surface area (TPSA) is 96.5 Å². The van der Waals surface area contributed by atoms with Crippen LogP contribution in [-0.4, -0.2) is 44.5 Å². The molecule has 0 spiro atoms. The Kier molecular flexibility index (Phi) is 6.90. The smallest absolute Gasteiger partial charge is 0.251 e. The Bertz CT molecular complexity index is 517. The first-order valence-corrected chi connectivity index (χ1v) is 6.44. The number of amides is 3. The van der Waals surface area contributed by atoms with Crippen molar-refractivity contribution in [3.05, 3.63) is 29.8 Å². The predicted octanol–water partition coefficient (Wildman–Crippen LogP) is 0.137. The molecule has 21 heavy (non-hydrogen) atoms. The maximum atomic E-state index is 11.9. The zero-order chi connectivity index (χ0) is 15.7. The lowest BCUT2D eigenvalue weighted by Crippen LogP contribution is -2.36. The van der Waals surface area contributed by atoms with Crippen molar-refractivity contribution >= 4 is 23.4 Å². The maximum absolute atomic E-state index is 11.9. The number of hydrogen-bond acceptors (Lipinski definition) is 4. The van der Waals surface area contributed by atoms with Gasteiger partial charge in [-0.15, -0.1) is 0 Å². The molecule has 0 saturated carbocycles. The molecule has 0 bridgehead atoms. The third kappa shape index (κ3) is 6.53. The molecule has 0 aliphatic rings. The van der Waals surface area contributed by atoms with E-state index in [4.69, 9.17) is 0 Å². The molecule has 0 radical (unpaired) electrons. The molecule has 7 nitrogen and oxygen atoms in total. The predicted molar refractivity (Wildman–Crippen MR) is 78.0 cm³/mol. The normalized spacial score (nSPS) is 9.81. The summed E-state index contributed by atoms with van der Waals surface area (Å²) in [5.41, 5.74) is 0.994. The lowest BCUT2D eigenvalue weighted by Gasteiger charge is -2.08. The number of carbonyl (C=O) groups is 3. The van der Waals surface area contributed by atoms with Crippen molar-refractivity contribution < 1.29 is 19.1 Å². The van der Waals surface area contributed by atoms with Gasteiger partial charge in [0.25, 0.3) is 5.91 Å². The van der Waals surface area contributed by atoms with Crippen molar-refractivity contribution in [2.24, 2.45) is 0 Å². The number of nitrogens with one attached hydrogen (secondary N) is 3. The largest absolute Gasteiger partial charge is 0.375 e. The Morgan fingerprint density at radius 3 is 2.52 bits per heavy atom. The van der Waals surface area contributed by atoms with Crippen LogP contribution in [0.1, 0.15) is 17.3 Å². The summed E-state index contributed by atoms with van der Waals surface area (Å²) in [6.45, 7) is 2.01. The number of carbonyl (C=O) groups excluding carboxylic acids is 3. The number of methoxy groups -OCH3 is 1. The van der Waals surface area contributed by atoms with E-state index >= 15 is 0 Å². The summed E-state index contributed by atoms with van der Waals surface area (Å²) in [6.07, 6.45) is 0. The van der Waals surface area contributed by atoms with Gasteiger partial charge in [0.05, 0.1) is 0 Å². The Hall–Kier alpha value is -2.41. The van der Waals surface area contributed by atoms with Crippen LogP contribution >= 0.6 is 0 Å². The number of rotatable bonds is 7. The molecule has 3 amide bonds. The van der Waals surface area contributed by atoms with Gasteiger partial charge in [0.1, 0.15) is 6.61 Å². The quantitative estimate of drug-likeness (QED) is 0.623. The molecule has 0 aromatic heterocycles. The molecule has 0 fully saturated rings. The average molecular weight is 293 g/mol. The van der Waals surface area contributed by atoms with Crippen molar-refractivity contribution in [3.63, 3.8) is 0 Å². The molecule has 0 heterocycles. The summed E-state index contributed by atoms with van der Waals surface area (Å²) in [5, 5.41) is 7.87. The van der Waals surface area contributed by atoms with Crippen LogP contribution < -0.4 is 16.0 Å². The van der Waals surface area contributed by atoms with E-state index < -0.39 is 0 Å². The number of hydrogen-bond donors (Lipinski definition) is 3. The first-order chi connectivity index (χ1) is 10.0. The molecular formula is C14H19N3O4. The lowest BCUT2D eigenvalue weighted by molar-refractivity contribution is -0.124. The molecule has 3 N–H and O–H groups in total. The standard InChI is InChI=1S/C14H19N3O4/c1-10(18)17-12-5-3-4-11(8-12)14(20)16-7-6-15-13(19)9-21-2/h3-5,8H,6-7,9H2,1-2H3,(H,15,19)(H,16,20)(H,17,18). The summed E-state index contributed by atoms with van der Waals surface area (Å²) >= 11 is 0. The highest BCUT2D eigenvalue weighted by molar-refractivity contribution is 5.96. The molecule has 0 atom stereocenters. The molecule has 0 aliphatic heterocycles. The van der Waals surface area contributed by atoms with Crippen LogP contribution in [-0.2, 0) is 14.3 Å². The van der Waals surface area contributed by atoms with E-state index in [9.17, 15) is 14.4 Å². The third-order valence-corrected chi connectivity index (χ3v) is 2.45. The Morgan fingerprint density at radius 1 is 1.14 bits per heavy atom. The van der Waals surface area contributed by atoms with Crippen molar-refractivity contribution in [1.29, 1.82) is 0 Å². The monoisotopic (exact) mass is 293 g/mol. The van der Waals surface area contributed by atoms with E-state index in [1.165, 1.54) is 14.0 Å². The zero-order valence-electron chi connectivity index (χ0n) is 12.1. The van der Waals surface area contributed by atoms with Gasteiger partial charge >= 0.3 is 0 Å². The van der Waals surface area contributed by atoms with Crippen LogP contribution in [0.15, 0.2) is 24.3 Å². The van der Waals surface area contributed by atoms with Crippen molar-refractivity contribution in [2.75, 3.05) is 32.1 Å². The fourth-order valence-electron chi connectivity index (χ4n) is 1.60. The Morgan fingerprint density at radius 2 is 1.86 bits per heavy atom.